The Kier molecular flexibility index (Phi) is 4.16. The van der Waals surface area contributed by atoms with E-state index in [1.807, 2.05) is 0 Å². The molecular weight excluding hydrogens is 242 g/mol. The molecule has 2 aliphatic rings. The molecule has 0 aliphatic heterocycles. The smallest absolute Gasteiger partial charge is 0.306 e. The summed E-state index contributed by atoms with van der Waals surface area (Å²) in [5.41, 5.74) is -0.157. The zero-order chi connectivity index (χ0) is 14.0. The molecule has 0 aromatic rings. The zero-order valence-corrected chi connectivity index (χ0v) is 11.9. The molecule has 0 saturated heterocycles. The first-order valence-corrected chi connectivity index (χ1v) is 7.47. The number of amides is 1. The van der Waals surface area contributed by atoms with Crippen molar-refractivity contribution in [3.8, 4) is 0 Å². The van der Waals surface area contributed by atoms with Crippen LogP contribution in [0.4, 0.5) is 0 Å². The van der Waals surface area contributed by atoms with Gasteiger partial charge in [-0.3, -0.25) is 9.59 Å². The standard InChI is InChI=1S/C15H25NO3/c1-10(2)9-15(6-3-7-15)14(19)16-12-5-4-11(8-12)13(17)18/h10-12H,3-9H2,1-2H3,(H,16,19)(H,17,18)/t11-,12+/m0/s1. The summed E-state index contributed by atoms with van der Waals surface area (Å²) in [5, 5.41) is 12.1. The van der Waals surface area contributed by atoms with Crippen LogP contribution in [0.25, 0.3) is 0 Å². The van der Waals surface area contributed by atoms with Gasteiger partial charge >= 0.3 is 5.97 Å². The third kappa shape index (κ3) is 3.10. The SMILES string of the molecule is CC(C)CC1(C(=O)N[C@@H]2CC[C@H](C(=O)O)C2)CCC1. The van der Waals surface area contributed by atoms with E-state index < -0.39 is 5.97 Å². The fraction of sp³-hybridized carbons (Fsp3) is 0.867. The highest BCUT2D eigenvalue weighted by Gasteiger charge is 2.45. The number of carboxylic acids is 1. The molecule has 2 aliphatic carbocycles. The summed E-state index contributed by atoms with van der Waals surface area (Å²) in [7, 11) is 0. The lowest BCUT2D eigenvalue weighted by atomic mass is 9.64. The lowest BCUT2D eigenvalue weighted by Crippen LogP contribution is -2.49. The molecule has 2 atom stereocenters. The van der Waals surface area contributed by atoms with Gasteiger partial charge in [-0.15, -0.1) is 0 Å². The van der Waals surface area contributed by atoms with E-state index >= 15 is 0 Å². The Morgan fingerprint density at radius 1 is 1.32 bits per heavy atom. The number of hydrogen-bond donors (Lipinski definition) is 2. The van der Waals surface area contributed by atoms with Crippen LogP contribution in [0.1, 0.15) is 58.8 Å². The van der Waals surface area contributed by atoms with Gasteiger partial charge in [-0.25, -0.2) is 0 Å². The van der Waals surface area contributed by atoms with Crippen LogP contribution in [-0.4, -0.2) is 23.0 Å². The quantitative estimate of drug-likeness (QED) is 0.804. The second-order valence-corrected chi connectivity index (χ2v) is 6.75. The number of carbonyl (C=O) groups is 2. The average molecular weight is 267 g/mol. The van der Waals surface area contributed by atoms with Crippen LogP contribution in [0, 0.1) is 17.3 Å². The summed E-state index contributed by atoms with van der Waals surface area (Å²) in [6.07, 6.45) is 6.17. The molecule has 0 aromatic heterocycles. The van der Waals surface area contributed by atoms with E-state index in [-0.39, 0.29) is 23.3 Å². The molecule has 0 aromatic carbocycles. The second kappa shape index (κ2) is 5.51. The molecule has 2 fully saturated rings. The van der Waals surface area contributed by atoms with Crippen molar-refractivity contribution in [2.24, 2.45) is 17.3 Å². The maximum absolute atomic E-state index is 12.5. The summed E-state index contributed by atoms with van der Waals surface area (Å²) in [4.78, 5) is 23.4. The minimum atomic E-state index is -0.725. The summed E-state index contributed by atoms with van der Waals surface area (Å²) < 4.78 is 0. The van der Waals surface area contributed by atoms with Gasteiger partial charge < -0.3 is 10.4 Å². The van der Waals surface area contributed by atoms with Crippen LogP contribution in [0.5, 0.6) is 0 Å². The van der Waals surface area contributed by atoms with Crippen molar-refractivity contribution in [2.75, 3.05) is 0 Å². The number of nitrogens with one attached hydrogen (secondary N) is 1. The predicted octanol–water partition coefficient (Wildman–Crippen LogP) is 2.57. The van der Waals surface area contributed by atoms with Crippen LogP contribution in [0.2, 0.25) is 0 Å². The van der Waals surface area contributed by atoms with Crippen LogP contribution < -0.4 is 5.32 Å². The molecule has 1 amide bonds. The molecule has 2 rings (SSSR count). The third-order valence-electron chi connectivity index (χ3n) is 4.71. The Hall–Kier alpha value is -1.06. The highest BCUT2D eigenvalue weighted by atomic mass is 16.4. The molecule has 4 heteroatoms. The molecule has 0 radical (unpaired) electrons. The van der Waals surface area contributed by atoms with Gasteiger partial charge in [-0.05, 0) is 44.4 Å². The lowest BCUT2D eigenvalue weighted by molar-refractivity contribution is -0.142. The van der Waals surface area contributed by atoms with Crippen molar-refractivity contribution < 1.29 is 14.7 Å². The Labute approximate surface area is 115 Å². The lowest BCUT2D eigenvalue weighted by Gasteiger charge is -2.42. The average Bonchev–Trinajstić information content (AvgIpc) is 2.71. The van der Waals surface area contributed by atoms with Crippen molar-refractivity contribution in [3.63, 3.8) is 0 Å². The Morgan fingerprint density at radius 3 is 2.42 bits per heavy atom. The minimum absolute atomic E-state index is 0.0678. The fourth-order valence-corrected chi connectivity index (χ4v) is 3.58. The first-order chi connectivity index (χ1) is 8.93. The van der Waals surface area contributed by atoms with Crippen molar-refractivity contribution in [3.05, 3.63) is 0 Å². The highest BCUT2D eigenvalue weighted by Crippen LogP contribution is 2.46. The van der Waals surface area contributed by atoms with Crippen LogP contribution in [0.3, 0.4) is 0 Å². The highest BCUT2D eigenvalue weighted by molar-refractivity contribution is 5.84. The molecule has 4 nitrogen and oxygen atoms in total. The summed E-state index contributed by atoms with van der Waals surface area (Å²) >= 11 is 0. The summed E-state index contributed by atoms with van der Waals surface area (Å²) in [5.74, 6) is -0.296. The molecule has 0 heterocycles. The van der Waals surface area contributed by atoms with Gasteiger partial charge in [-0.2, -0.15) is 0 Å². The van der Waals surface area contributed by atoms with E-state index in [0.717, 1.165) is 32.1 Å². The van der Waals surface area contributed by atoms with Crippen LogP contribution in [0.15, 0.2) is 0 Å². The van der Waals surface area contributed by atoms with Gasteiger partial charge in [0.05, 0.1) is 5.92 Å². The normalized spacial score (nSPS) is 29.0. The number of carboxylic acid groups (broad SMARTS) is 1. The van der Waals surface area contributed by atoms with Gasteiger partial charge in [0.2, 0.25) is 5.91 Å². The Morgan fingerprint density at radius 2 is 2.00 bits per heavy atom. The number of hydrogen-bond acceptors (Lipinski definition) is 2. The van der Waals surface area contributed by atoms with E-state index in [1.54, 1.807) is 0 Å². The summed E-state index contributed by atoms with van der Waals surface area (Å²) in [6.45, 7) is 4.31. The molecule has 0 unspecified atom stereocenters. The van der Waals surface area contributed by atoms with Crippen LogP contribution >= 0.6 is 0 Å². The number of aliphatic carboxylic acids is 1. The first kappa shape index (κ1) is 14.4. The Bertz CT molecular complexity index is 360. The fourth-order valence-electron chi connectivity index (χ4n) is 3.58. The van der Waals surface area contributed by atoms with E-state index in [2.05, 4.69) is 19.2 Å². The molecule has 2 saturated carbocycles. The molecule has 19 heavy (non-hydrogen) atoms. The number of rotatable bonds is 5. The van der Waals surface area contributed by atoms with Gasteiger partial charge in [0.1, 0.15) is 0 Å². The van der Waals surface area contributed by atoms with E-state index in [1.165, 1.54) is 0 Å². The maximum Gasteiger partial charge on any atom is 0.306 e. The Balaban J connectivity index is 1.89. The largest absolute Gasteiger partial charge is 0.481 e. The number of carbonyl (C=O) groups excluding carboxylic acids is 1. The second-order valence-electron chi connectivity index (χ2n) is 6.75. The van der Waals surface area contributed by atoms with Crippen molar-refractivity contribution >= 4 is 11.9 Å². The van der Waals surface area contributed by atoms with Gasteiger partial charge in [-0.1, -0.05) is 20.3 Å². The molecule has 0 spiro atoms. The van der Waals surface area contributed by atoms with Crippen molar-refractivity contribution in [2.45, 2.75) is 64.8 Å². The first-order valence-electron chi connectivity index (χ1n) is 7.47. The van der Waals surface area contributed by atoms with Gasteiger partial charge in [0.25, 0.3) is 0 Å². The van der Waals surface area contributed by atoms with Crippen LogP contribution in [-0.2, 0) is 9.59 Å². The van der Waals surface area contributed by atoms with Crippen molar-refractivity contribution in [1.29, 1.82) is 0 Å². The van der Waals surface area contributed by atoms with E-state index in [0.29, 0.717) is 18.8 Å². The van der Waals surface area contributed by atoms with E-state index in [9.17, 15) is 9.59 Å². The van der Waals surface area contributed by atoms with Gasteiger partial charge in [0, 0.05) is 11.5 Å². The third-order valence-corrected chi connectivity index (χ3v) is 4.71. The molecule has 0 bridgehead atoms. The minimum Gasteiger partial charge on any atom is -0.481 e. The summed E-state index contributed by atoms with van der Waals surface area (Å²) in [6, 6.07) is 0.0678. The van der Waals surface area contributed by atoms with Gasteiger partial charge in [0.15, 0.2) is 0 Å². The molecular formula is C15H25NO3. The molecule has 2 N–H and O–H groups in total. The topological polar surface area (TPSA) is 66.4 Å². The van der Waals surface area contributed by atoms with E-state index in [4.69, 9.17) is 5.11 Å². The monoisotopic (exact) mass is 267 g/mol. The maximum atomic E-state index is 12.5. The molecule has 108 valence electrons. The predicted molar refractivity (Wildman–Crippen MR) is 72.6 cm³/mol. The zero-order valence-electron chi connectivity index (χ0n) is 11.9. The van der Waals surface area contributed by atoms with Crippen molar-refractivity contribution in [1.82, 2.24) is 5.32 Å².